The number of hydrogen-bond acceptors (Lipinski definition) is 5. The molecule has 2 aromatic rings. The van der Waals surface area contributed by atoms with Crippen LogP contribution in [0.25, 0.3) is 0 Å². The Morgan fingerprint density at radius 2 is 1.90 bits per heavy atom. The molecule has 0 fully saturated rings. The molecule has 0 bridgehead atoms. The molecule has 0 atom stereocenters. The van der Waals surface area contributed by atoms with Crippen molar-refractivity contribution in [1.82, 2.24) is 9.62 Å². The Morgan fingerprint density at radius 3 is 2.65 bits per heavy atom. The van der Waals surface area contributed by atoms with Crippen molar-refractivity contribution < 1.29 is 17.9 Å². The number of rotatable bonds is 10. The van der Waals surface area contributed by atoms with E-state index in [-0.39, 0.29) is 12.5 Å². The van der Waals surface area contributed by atoms with Crippen LogP contribution in [0, 0.1) is 0 Å². The number of nitrogens with one attached hydrogen (secondary N) is 1. The number of aryl methyl sites for hydroxylation is 1. The molecule has 7 nitrogen and oxygen atoms in total. The first kappa shape index (κ1) is 23.1. The van der Waals surface area contributed by atoms with E-state index in [9.17, 15) is 13.2 Å². The Labute approximate surface area is 185 Å². The number of carbonyl (C=O) groups excluding carboxylic acids is 1. The molecule has 1 N–H and O–H groups in total. The first-order chi connectivity index (χ1) is 14.8. The number of anilines is 1. The maximum absolute atomic E-state index is 12.1. The highest BCUT2D eigenvalue weighted by atomic mass is 32.2. The third-order valence-electron chi connectivity index (χ3n) is 5.40. The number of benzene rings is 2. The van der Waals surface area contributed by atoms with E-state index in [0.717, 1.165) is 31.5 Å². The molecule has 168 valence electrons. The Bertz CT molecular complexity index is 977. The van der Waals surface area contributed by atoms with Gasteiger partial charge >= 0.3 is 0 Å². The molecule has 0 aromatic heterocycles. The molecule has 1 aliphatic heterocycles. The van der Waals surface area contributed by atoms with Crippen LogP contribution in [0.2, 0.25) is 0 Å². The predicted molar refractivity (Wildman–Crippen MR) is 123 cm³/mol. The van der Waals surface area contributed by atoms with Gasteiger partial charge < -0.3 is 15.0 Å². The van der Waals surface area contributed by atoms with Gasteiger partial charge in [0.05, 0.1) is 6.26 Å². The molecule has 1 amide bonds. The van der Waals surface area contributed by atoms with Gasteiger partial charge in [0.1, 0.15) is 5.75 Å². The number of fused-ring (bicyclic) bond motifs is 1. The first-order valence-electron chi connectivity index (χ1n) is 10.6. The maximum atomic E-state index is 12.1. The van der Waals surface area contributed by atoms with Gasteiger partial charge in [0.25, 0.3) is 5.91 Å². The van der Waals surface area contributed by atoms with E-state index in [1.807, 2.05) is 0 Å². The van der Waals surface area contributed by atoms with E-state index in [0.29, 0.717) is 18.8 Å². The topological polar surface area (TPSA) is 79.0 Å². The van der Waals surface area contributed by atoms with Gasteiger partial charge in [-0.15, -0.1) is 0 Å². The van der Waals surface area contributed by atoms with Crippen molar-refractivity contribution in [2.45, 2.75) is 25.8 Å². The van der Waals surface area contributed by atoms with E-state index < -0.39 is 10.0 Å². The SMILES string of the molecule is CN(Cc1ccc(OCC(=O)NCCCN2CCCc3ccccc32)cc1)S(C)(=O)=O. The van der Waals surface area contributed by atoms with Gasteiger partial charge in [-0.05, 0) is 48.6 Å². The summed E-state index contributed by atoms with van der Waals surface area (Å²) in [5.74, 6) is 0.422. The van der Waals surface area contributed by atoms with Crippen molar-refractivity contribution in [2.75, 3.05) is 44.4 Å². The highest BCUT2D eigenvalue weighted by Crippen LogP contribution is 2.26. The quantitative estimate of drug-likeness (QED) is 0.568. The molecule has 1 heterocycles. The van der Waals surface area contributed by atoms with Gasteiger partial charge in [0, 0.05) is 38.9 Å². The summed E-state index contributed by atoms with van der Waals surface area (Å²) in [4.78, 5) is 14.5. The number of ether oxygens (including phenoxy) is 1. The fourth-order valence-corrected chi connectivity index (χ4v) is 3.99. The average Bonchev–Trinajstić information content (AvgIpc) is 2.75. The highest BCUT2D eigenvalue weighted by Gasteiger charge is 2.15. The summed E-state index contributed by atoms with van der Waals surface area (Å²) < 4.78 is 29.8. The molecular formula is C23H31N3O4S. The predicted octanol–water partition coefficient (Wildman–Crippen LogP) is 2.42. The lowest BCUT2D eigenvalue weighted by molar-refractivity contribution is -0.123. The number of amides is 1. The lowest BCUT2D eigenvalue weighted by Crippen LogP contribution is -2.34. The number of hydrogen-bond donors (Lipinski definition) is 1. The van der Waals surface area contributed by atoms with E-state index >= 15 is 0 Å². The van der Waals surface area contributed by atoms with Crippen LogP contribution >= 0.6 is 0 Å². The zero-order valence-electron chi connectivity index (χ0n) is 18.2. The fraction of sp³-hybridized carbons (Fsp3) is 0.435. The second-order valence-electron chi connectivity index (χ2n) is 7.87. The maximum Gasteiger partial charge on any atom is 0.257 e. The third-order valence-corrected chi connectivity index (χ3v) is 6.66. The second-order valence-corrected chi connectivity index (χ2v) is 9.96. The van der Waals surface area contributed by atoms with Gasteiger partial charge in [0.2, 0.25) is 10.0 Å². The summed E-state index contributed by atoms with van der Waals surface area (Å²) in [6.45, 7) is 2.83. The molecule has 31 heavy (non-hydrogen) atoms. The molecule has 0 saturated carbocycles. The Balaban J connectivity index is 1.35. The lowest BCUT2D eigenvalue weighted by Gasteiger charge is -2.31. The molecule has 0 radical (unpaired) electrons. The first-order valence-corrected chi connectivity index (χ1v) is 12.4. The molecule has 1 aliphatic rings. The highest BCUT2D eigenvalue weighted by molar-refractivity contribution is 7.88. The van der Waals surface area contributed by atoms with E-state index in [2.05, 4.69) is 34.5 Å². The lowest BCUT2D eigenvalue weighted by atomic mass is 10.0. The number of para-hydroxylation sites is 1. The third kappa shape index (κ3) is 6.97. The van der Waals surface area contributed by atoms with Crippen molar-refractivity contribution in [3.8, 4) is 5.75 Å². The summed E-state index contributed by atoms with van der Waals surface area (Å²) >= 11 is 0. The van der Waals surface area contributed by atoms with Gasteiger partial charge in [-0.3, -0.25) is 4.79 Å². The summed E-state index contributed by atoms with van der Waals surface area (Å²) in [7, 11) is -1.68. The number of nitrogens with zero attached hydrogens (tertiary/aromatic N) is 2. The zero-order chi connectivity index (χ0) is 22.3. The largest absolute Gasteiger partial charge is 0.484 e. The van der Waals surface area contributed by atoms with Gasteiger partial charge in [-0.25, -0.2) is 12.7 Å². The summed E-state index contributed by atoms with van der Waals surface area (Å²) in [5, 5.41) is 2.91. The van der Waals surface area contributed by atoms with Crippen LogP contribution in [0.5, 0.6) is 5.75 Å². The summed E-state index contributed by atoms with van der Waals surface area (Å²) in [6.07, 6.45) is 4.35. The molecule has 0 aliphatic carbocycles. The smallest absolute Gasteiger partial charge is 0.257 e. The minimum Gasteiger partial charge on any atom is -0.484 e. The van der Waals surface area contributed by atoms with Crippen molar-refractivity contribution in [3.63, 3.8) is 0 Å². The summed E-state index contributed by atoms with van der Waals surface area (Å²) in [5.41, 5.74) is 3.57. The standard InChI is InChI=1S/C23H31N3O4S/c1-25(31(2,28)29)17-19-10-12-21(13-11-19)30-18-23(27)24-14-6-16-26-15-5-8-20-7-3-4-9-22(20)26/h3-4,7,9-13H,5-6,8,14-18H2,1-2H3,(H,24,27). The minimum absolute atomic E-state index is 0.0465. The van der Waals surface area contributed by atoms with Crippen LogP contribution in [0.1, 0.15) is 24.0 Å². The minimum atomic E-state index is -3.22. The van der Waals surface area contributed by atoms with Crippen LogP contribution in [0.3, 0.4) is 0 Å². The van der Waals surface area contributed by atoms with Crippen LogP contribution in [0.15, 0.2) is 48.5 Å². The van der Waals surface area contributed by atoms with Gasteiger partial charge in [-0.2, -0.15) is 0 Å². The van der Waals surface area contributed by atoms with E-state index in [4.69, 9.17) is 4.74 Å². The van der Waals surface area contributed by atoms with Crippen LogP contribution in [-0.4, -0.2) is 58.2 Å². The molecule has 2 aromatic carbocycles. The molecule has 8 heteroatoms. The van der Waals surface area contributed by atoms with E-state index in [1.54, 1.807) is 24.3 Å². The Morgan fingerprint density at radius 1 is 1.16 bits per heavy atom. The zero-order valence-corrected chi connectivity index (χ0v) is 19.0. The monoisotopic (exact) mass is 445 g/mol. The van der Waals surface area contributed by atoms with Crippen molar-refractivity contribution in [1.29, 1.82) is 0 Å². The molecule has 0 spiro atoms. The number of carbonyl (C=O) groups is 1. The molecule has 0 saturated heterocycles. The molecular weight excluding hydrogens is 414 g/mol. The van der Waals surface area contributed by atoms with Gasteiger partial charge in [-0.1, -0.05) is 30.3 Å². The Hall–Kier alpha value is -2.58. The van der Waals surface area contributed by atoms with Crippen molar-refractivity contribution in [3.05, 3.63) is 59.7 Å². The Kier molecular flexibility index (Phi) is 7.92. The second kappa shape index (κ2) is 10.6. The van der Waals surface area contributed by atoms with Crippen LogP contribution < -0.4 is 15.0 Å². The number of sulfonamides is 1. The summed E-state index contributed by atoms with van der Waals surface area (Å²) in [6, 6.07) is 15.6. The molecule has 0 unspecified atom stereocenters. The van der Waals surface area contributed by atoms with Crippen LogP contribution in [-0.2, 0) is 27.8 Å². The van der Waals surface area contributed by atoms with Gasteiger partial charge in [0.15, 0.2) is 6.61 Å². The van der Waals surface area contributed by atoms with Crippen molar-refractivity contribution in [2.24, 2.45) is 0 Å². The average molecular weight is 446 g/mol. The fourth-order valence-electron chi connectivity index (χ4n) is 3.61. The normalized spacial score (nSPS) is 13.7. The molecule has 3 rings (SSSR count). The van der Waals surface area contributed by atoms with Crippen LogP contribution in [0.4, 0.5) is 5.69 Å². The van der Waals surface area contributed by atoms with E-state index in [1.165, 1.54) is 35.3 Å². The van der Waals surface area contributed by atoms with Crippen molar-refractivity contribution >= 4 is 21.6 Å².